The molecule has 0 saturated carbocycles. The van der Waals surface area contributed by atoms with Crippen molar-refractivity contribution in [2.24, 2.45) is 0 Å². The van der Waals surface area contributed by atoms with Crippen molar-refractivity contribution in [2.75, 3.05) is 0 Å². The van der Waals surface area contributed by atoms with Gasteiger partial charge >= 0.3 is 71.1 Å². The Bertz CT molecular complexity index is 1350. The van der Waals surface area contributed by atoms with Crippen molar-refractivity contribution < 1.29 is 107 Å². The van der Waals surface area contributed by atoms with Crippen LogP contribution in [-0.2, 0) is 29.8 Å². The van der Waals surface area contributed by atoms with Crippen LogP contribution in [0.2, 0.25) is 0 Å². The molecular formula is C18H16Na2O10S2. The predicted octanol–water partition coefficient (Wildman–Crippen LogP) is -3.43. The van der Waals surface area contributed by atoms with Gasteiger partial charge in [0, 0.05) is 35.4 Å². The molecule has 0 aromatic heterocycles. The van der Waals surface area contributed by atoms with Gasteiger partial charge in [-0.05, 0) is 36.4 Å². The molecule has 0 spiro atoms. The fourth-order valence-corrected chi connectivity index (χ4v) is 3.95. The van der Waals surface area contributed by atoms with Crippen LogP contribution in [0.5, 0.6) is 11.5 Å². The smallest absolute Gasteiger partial charge is 1.00 e. The molecule has 3 rings (SSSR count). The molecule has 0 saturated heterocycles. The minimum Gasteiger partial charge on any atom is -1.00 e. The molecule has 0 radical (unpaired) electrons. The first-order valence-electron chi connectivity index (χ1n) is 8.14. The minimum absolute atomic E-state index is 0. The van der Waals surface area contributed by atoms with Crippen LogP contribution in [-0.4, -0.2) is 37.9 Å². The molecule has 3 aromatic carbocycles. The molecule has 162 valence electrons. The molecule has 14 heteroatoms. The fourth-order valence-electron chi connectivity index (χ4n) is 2.94. The first kappa shape index (κ1) is 29.0. The maximum absolute atomic E-state index is 11.7. The molecule has 0 fully saturated rings. The second-order valence-corrected chi connectivity index (χ2v) is 9.05. The van der Waals surface area contributed by atoms with Crippen molar-refractivity contribution in [3.05, 3.63) is 36.4 Å². The summed E-state index contributed by atoms with van der Waals surface area (Å²) in [6.07, 6.45) is 0. The molecule has 32 heavy (non-hydrogen) atoms. The largest absolute Gasteiger partial charge is 1.00 e. The van der Waals surface area contributed by atoms with Crippen LogP contribution < -0.4 is 68.6 Å². The molecule has 0 aliphatic heterocycles. The summed E-state index contributed by atoms with van der Waals surface area (Å²) in [5.74, 6) is -1.85. The maximum Gasteiger partial charge on any atom is 1.00 e. The zero-order valence-electron chi connectivity index (χ0n) is 19.4. The second-order valence-electron chi connectivity index (χ2n) is 6.21. The van der Waals surface area contributed by atoms with E-state index in [2.05, 4.69) is 0 Å². The zero-order valence-corrected chi connectivity index (χ0v) is 23.1. The topological polar surface area (TPSA) is 161 Å². The predicted molar refractivity (Wildman–Crippen MR) is 106 cm³/mol. The summed E-state index contributed by atoms with van der Waals surface area (Å²) < 4.78 is 75.4. The molecule has 0 bridgehead atoms. The van der Waals surface area contributed by atoms with E-state index in [-0.39, 0.29) is 95.0 Å². The van der Waals surface area contributed by atoms with E-state index in [1.165, 1.54) is 12.1 Å². The molecule has 0 unspecified atom stereocenters. The van der Waals surface area contributed by atoms with E-state index in [0.717, 1.165) is 38.1 Å². The standard InChI is InChI=1S/C18H14O10S2.2Na.2H/c1-9(19)27-17-13-5-3-12(30(24,25)26)8-16(13)18(28-10(2)20)14-6-4-11(7-15(14)17)29(21,22)23;;;;/h3-8H,1-2H3,(H,21,22,23)(H,24,25,26);;;;/q;2*+1;2*-1. The van der Waals surface area contributed by atoms with Crippen LogP contribution in [0, 0.1) is 0 Å². The Labute approximate surface area is 230 Å². The molecule has 10 nitrogen and oxygen atoms in total. The Morgan fingerprint density at radius 3 is 1.25 bits per heavy atom. The number of ether oxygens (including phenoxy) is 2. The summed E-state index contributed by atoms with van der Waals surface area (Å²) in [5.41, 5.74) is 0. The molecule has 0 heterocycles. The molecule has 0 aliphatic carbocycles. The van der Waals surface area contributed by atoms with Gasteiger partial charge < -0.3 is 12.3 Å². The number of carbonyl (C=O) groups is 2. The average Bonchev–Trinajstić information content (AvgIpc) is 2.61. The van der Waals surface area contributed by atoms with Gasteiger partial charge in [0.1, 0.15) is 11.5 Å². The second kappa shape index (κ2) is 10.5. The summed E-state index contributed by atoms with van der Waals surface area (Å²) in [6, 6.07) is 6.49. The van der Waals surface area contributed by atoms with E-state index in [4.69, 9.17) is 9.47 Å². The molecule has 0 atom stereocenters. The van der Waals surface area contributed by atoms with Gasteiger partial charge in [-0.3, -0.25) is 18.7 Å². The third-order valence-corrected chi connectivity index (χ3v) is 5.75. The van der Waals surface area contributed by atoms with Gasteiger partial charge in [-0.2, -0.15) is 16.8 Å². The van der Waals surface area contributed by atoms with Crippen LogP contribution in [0.4, 0.5) is 0 Å². The number of hydrogen-bond donors (Lipinski definition) is 2. The zero-order chi connectivity index (χ0) is 22.4. The first-order chi connectivity index (χ1) is 13.8. The third kappa shape index (κ3) is 6.08. The fraction of sp³-hybridized carbons (Fsp3) is 0.111. The summed E-state index contributed by atoms with van der Waals surface area (Å²) in [6.45, 7) is 2.19. The minimum atomic E-state index is -4.62. The van der Waals surface area contributed by atoms with E-state index in [9.17, 15) is 35.5 Å². The van der Waals surface area contributed by atoms with Gasteiger partial charge in [0.15, 0.2) is 0 Å². The Hall–Kier alpha value is -1.06. The number of hydrogen-bond acceptors (Lipinski definition) is 8. The van der Waals surface area contributed by atoms with Crippen LogP contribution >= 0.6 is 0 Å². The monoisotopic (exact) mass is 502 g/mol. The van der Waals surface area contributed by atoms with Crippen molar-refractivity contribution in [2.45, 2.75) is 23.6 Å². The molecule has 0 amide bonds. The Balaban J connectivity index is 0. The van der Waals surface area contributed by atoms with E-state index in [1.807, 2.05) is 0 Å². The van der Waals surface area contributed by atoms with Crippen molar-refractivity contribution >= 4 is 53.7 Å². The van der Waals surface area contributed by atoms with Gasteiger partial charge in [0.25, 0.3) is 20.2 Å². The normalized spacial score (nSPS) is 11.4. The molecule has 2 N–H and O–H groups in total. The number of carbonyl (C=O) groups excluding carboxylic acids is 2. The van der Waals surface area contributed by atoms with Crippen LogP contribution in [0.25, 0.3) is 21.5 Å². The van der Waals surface area contributed by atoms with Gasteiger partial charge in [-0.15, -0.1) is 0 Å². The van der Waals surface area contributed by atoms with Gasteiger partial charge in [0.05, 0.1) is 9.79 Å². The van der Waals surface area contributed by atoms with E-state index >= 15 is 0 Å². The molecule has 3 aromatic rings. The molecular weight excluding hydrogens is 486 g/mol. The maximum atomic E-state index is 11.7. The van der Waals surface area contributed by atoms with Crippen LogP contribution in [0.15, 0.2) is 46.2 Å². The first-order valence-corrected chi connectivity index (χ1v) is 11.0. The Morgan fingerprint density at radius 1 is 0.688 bits per heavy atom. The Kier molecular flexibility index (Phi) is 9.48. The summed E-state index contributed by atoms with van der Waals surface area (Å²) in [5, 5.41) is 0.190. The number of fused-ring (bicyclic) bond motifs is 2. The van der Waals surface area contributed by atoms with Crippen molar-refractivity contribution in [3.63, 3.8) is 0 Å². The van der Waals surface area contributed by atoms with Crippen LogP contribution in [0.1, 0.15) is 16.7 Å². The van der Waals surface area contributed by atoms with Crippen molar-refractivity contribution in [3.8, 4) is 11.5 Å². The summed E-state index contributed by atoms with van der Waals surface area (Å²) in [7, 11) is -9.23. The summed E-state index contributed by atoms with van der Waals surface area (Å²) >= 11 is 0. The molecule has 0 aliphatic rings. The number of benzene rings is 3. The van der Waals surface area contributed by atoms with Gasteiger partial charge in [-0.25, -0.2) is 0 Å². The Morgan fingerprint density at radius 2 is 1.00 bits per heavy atom. The van der Waals surface area contributed by atoms with Gasteiger partial charge in [0.2, 0.25) is 0 Å². The SMILES string of the molecule is CC(=O)Oc1c2ccc(S(=O)(=O)O)cc2c(OC(C)=O)c2ccc(S(=O)(=O)O)cc12.[H-].[H-].[Na+].[Na+]. The van der Waals surface area contributed by atoms with Crippen molar-refractivity contribution in [1.82, 2.24) is 0 Å². The summed E-state index contributed by atoms with van der Waals surface area (Å²) in [4.78, 5) is 22.3. The number of esters is 2. The van der Waals surface area contributed by atoms with E-state index < -0.39 is 42.0 Å². The van der Waals surface area contributed by atoms with E-state index in [1.54, 1.807) is 0 Å². The van der Waals surface area contributed by atoms with Crippen LogP contribution in [0.3, 0.4) is 0 Å². The van der Waals surface area contributed by atoms with Gasteiger partial charge in [-0.1, -0.05) is 0 Å². The number of rotatable bonds is 4. The quantitative estimate of drug-likeness (QED) is 0.121. The average molecular weight is 502 g/mol. The van der Waals surface area contributed by atoms with E-state index in [0.29, 0.717) is 0 Å². The third-order valence-electron chi connectivity index (χ3n) is 4.05. The van der Waals surface area contributed by atoms with Crippen molar-refractivity contribution in [1.29, 1.82) is 0 Å².